The molecule has 2 aromatic carbocycles. The van der Waals surface area contributed by atoms with Gasteiger partial charge in [0.1, 0.15) is 0 Å². The summed E-state index contributed by atoms with van der Waals surface area (Å²) in [6.45, 7) is 1.96. The molecule has 0 saturated heterocycles. The number of aryl methyl sites for hydroxylation is 1. The van der Waals surface area contributed by atoms with Crippen LogP contribution in [0.2, 0.25) is 0 Å². The Labute approximate surface area is 105 Å². The fraction of sp³-hybridized carbons (Fsp3) is 0.0714. The van der Waals surface area contributed by atoms with E-state index in [1.54, 1.807) is 36.4 Å². The number of carbonyl (C=O) groups is 1. The molecule has 0 radical (unpaired) electrons. The zero-order chi connectivity index (χ0) is 13.0. The van der Waals surface area contributed by atoms with Crippen molar-refractivity contribution in [3.8, 4) is 0 Å². The van der Waals surface area contributed by atoms with Crippen molar-refractivity contribution < 1.29 is 4.79 Å². The van der Waals surface area contributed by atoms with E-state index >= 15 is 0 Å². The van der Waals surface area contributed by atoms with Gasteiger partial charge in [0.05, 0.1) is 0 Å². The monoisotopic (exact) mass is 237 g/mol. The zero-order valence-electron chi connectivity index (χ0n) is 9.87. The molecule has 0 fully saturated rings. The van der Waals surface area contributed by atoms with Gasteiger partial charge in [0.15, 0.2) is 5.78 Å². The van der Waals surface area contributed by atoms with Crippen molar-refractivity contribution in [2.24, 2.45) is 5.11 Å². The molecule has 0 aromatic heterocycles. The van der Waals surface area contributed by atoms with Gasteiger partial charge < -0.3 is 0 Å². The summed E-state index contributed by atoms with van der Waals surface area (Å²) in [6.07, 6.45) is 0. The third-order valence-electron chi connectivity index (χ3n) is 2.61. The number of benzene rings is 2. The Hall–Kier alpha value is -2.58. The van der Waals surface area contributed by atoms with Crippen LogP contribution in [0.4, 0.5) is 5.69 Å². The molecule has 0 bridgehead atoms. The van der Waals surface area contributed by atoms with Crippen LogP contribution < -0.4 is 0 Å². The van der Waals surface area contributed by atoms with E-state index in [2.05, 4.69) is 10.0 Å². The highest BCUT2D eigenvalue weighted by atomic mass is 16.1. The van der Waals surface area contributed by atoms with E-state index in [4.69, 9.17) is 5.53 Å². The summed E-state index contributed by atoms with van der Waals surface area (Å²) in [6, 6.07) is 14.1. The molecule has 0 heterocycles. The van der Waals surface area contributed by atoms with Crippen molar-refractivity contribution in [2.45, 2.75) is 6.92 Å². The number of azide groups is 1. The molecular formula is C14H11N3O. The Morgan fingerprint density at radius 1 is 1.11 bits per heavy atom. The summed E-state index contributed by atoms with van der Waals surface area (Å²) in [4.78, 5) is 15.0. The van der Waals surface area contributed by atoms with Gasteiger partial charge in [-0.25, -0.2) is 0 Å². The highest BCUT2D eigenvalue weighted by molar-refractivity contribution is 6.11. The predicted molar refractivity (Wildman–Crippen MR) is 69.9 cm³/mol. The summed E-state index contributed by atoms with van der Waals surface area (Å²) in [7, 11) is 0. The van der Waals surface area contributed by atoms with E-state index in [1.807, 2.05) is 19.1 Å². The molecule has 18 heavy (non-hydrogen) atoms. The Kier molecular flexibility index (Phi) is 3.41. The van der Waals surface area contributed by atoms with Crippen molar-refractivity contribution in [1.29, 1.82) is 0 Å². The van der Waals surface area contributed by atoms with Crippen LogP contribution in [-0.2, 0) is 0 Å². The van der Waals surface area contributed by atoms with Gasteiger partial charge in [-0.2, -0.15) is 0 Å². The lowest BCUT2D eigenvalue weighted by Crippen LogP contribution is -2.01. The highest BCUT2D eigenvalue weighted by Gasteiger charge is 2.11. The predicted octanol–water partition coefficient (Wildman–Crippen LogP) is 4.17. The summed E-state index contributed by atoms with van der Waals surface area (Å²) in [5, 5.41) is 3.53. The lowest BCUT2D eigenvalue weighted by molar-refractivity contribution is 0.103. The fourth-order valence-corrected chi connectivity index (χ4v) is 1.66. The first kappa shape index (κ1) is 11.9. The maximum Gasteiger partial charge on any atom is 0.193 e. The molecule has 0 aliphatic rings. The zero-order valence-corrected chi connectivity index (χ0v) is 9.87. The highest BCUT2D eigenvalue weighted by Crippen LogP contribution is 2.22. The van der Waals surface area contributed by atoms with Gasteiger partial charge in [-0.1, -0.05) is 59.2 Å². The number of rotatable bonds is 3. The smallest absolute Gasteiger partial charge is 0.193 e. The molecule has 0 amide bonds. The minimum absolute atomic E-state index is 0.141. The van der Waals surface area contributed by atoms with E-state index in [0.29, 0.717) is 16.8 Å². The van der Waals surface area contributed by atoms with E-state index in [-0.39, 0.29) is 5.78 Å². The number of nitrogens with zero attached hydrogens (tertiary/aromatic N) is 3. The maximum absolute atomic E-state index is 12.3. The van der Waals surface area contributed by atoms with Crippen LogP contribution in [0.1, 0.15) is 21.5 Å². The average Bonchev–Trinajstić information content (AvgIpc) is 2.40. The van der Waals surface area contributed by atoms with Crippen molar-refractivity contribution in [3.05, 3.63) is 75.7 Å². The van der Waals surface area contributed by atoms with Crippen LogP contribution in [-0.4, -0.2) is 5.78 Å². The maximum atomic E-state index is 12.3. The summed E-state index contributed by atoms with van der Waals surface area (Å²) < 4.78 is 0. The second kappa shape index (κ2) is 5.17. The number of carbonyl (C=O) groups excluding carboxylic acids is 1. The minimum Gasteiger partial charge on any atom is -0.289 e. The molecule has 88 valence electrons. The van der Waals surface area contributed by atoms with Crippen LogP contribution in [0.5, 0.6) is 0 Å². The van der Waals surface area contributed by atoms with Crippen molar-refractivity contribution in [3.63, 3.8) is 0 Å². The van der Waals surface area contributed by atoms with Gasteiger partial charge in [0.25, 0.3) is 0 Å². The third kappa shape index (κ3) is 2.39. The van der Waals surface area contributed by atoms with Gasteiger partial charge in [-0.05, 0) is 12.5 Å². The van der Waals surface area contributed by atoms with Gasteiger partial charge >= 0.3 is 0 Å². The third-order valence-corrected chi connectivity index (χ3v) is 2.61. The first-order valence-electron chi connectivity index (χ1n) is 5.48. The molecule has 2 aromatic rings. The molecule has 0 saturated carbocycles. The SMILES string of the molecule is Cc1ccc(C(=O)c2ccccc2N=[N+]=[N-])cc1. The molecule has 4 nitrogen and oxygen atoms in total. The van der Waals surface area contributed by atoms with Gasteiger partial charge in [0, 0.05) is 21.7 Å². The number of hydrogen-bond donors (Lipinski definition) is 0. The number of ketones is 1. The Morgan fingerprint density at radius 2 is 1.78 bits per heavy atom. The van der Waals surface area contributed by atoms with Crippen LogP contribution in [0.3, 0.4) is 0 Å². The van der Waals surface area contributed by atoms with Gasteiger partial charge in [-0.15, -0.1) is 0 Å². The molecule has 0 atom stereocenters. The van der Waals surface area contributed by atoms with Crippen molar-refractivity contribution in [2.75, 3.05) is 0 Å². The lowest BCUT2D eigenvalue weighted by Gasteiger charge is -2.04. The molecular weight excluding hydrogens is 226 g/mol. The summed E-state index contributed by atoms with van der Waals surface area (Å²) in [5.41, 5.74) is 10.9. The number of hydrogen-bond acceptors (Lipinski definition) is 2. The molecule has 0 N–H and O–H groups in total. The standard InChI is InChI=1S/C14H11N3O/c1-10-6-8-11(9-7-10)14(18)12-4-2-3-5-13(12)16-17-15/h2-9H,1H3. The van der Waals surface area contributed by atoms with Gasteiger partial charge in [-0.3, -0.25) is 4.79 Å². The average molecular weight is 237 g/mol. The Balaban J connectivity index is 2.46. The Bertz CT molecular complexity index is 626. The molecule has 0 unspecified atom stereocenters. The van der Waals surface area contributed by atoms with Crippen molar-refractivity contribution in [1.82, 2.24) is 0 Å². The second-order valence-electron chi connectivity index (χ2n) is 3.90. The van der Waals surface area contributed by atoms with Crippen molar-refractivity contribution >= 4 is 11.5 Å². The molecule has 0 spiro atoms. The normalized spacial score (nSPS) is 9.61. The van der Waals surface area contributed by atoms with Crippen LogP contribution in [0.15, 0.2) is 53.6 Å². The van der Waals surface area contributed by atoms with Crippen LogP contribution >= 0.6 is 0 Å². The van der Waals surface area contributed by atoms with Gasteiger partial charge in [0.2, 0.25) is 0 Å². The summed E-state index contributed by atoms with van der Waals surface area (Å²) in [5.74, 6) is -0.141. The molecule has 0 aliphatic carbocycles. The second-order valence-corrected chi connectivity index (χ2v) is 3.90. The van der Waals surface area contributed by atoms with E-state index in [9.17, 15) is 4.79 Å². The first-order valence-corrected chi connectivity index (χ1v) is 5.48. The minimum atomic E-state index is -0.141. The topological polar surface area (TPSA) is 65.8 Å². The first-order chi connectivity index (χ1) is 8.72. The molecule has 4 heteroatoms. The molecule has 0 aliphatic heterocycles. The quantitative estimate of drug-likeness (QED) is 0.342. The fourth-order valence-electron chi connectivity index (χ4n) is 1.66. The van der Waals surface area contributed by atoms with Crippen LogP contribution in [0, 0.1) is 6.92 Å². The Morgan fingerprint density at radius 3 is 2.44 bits per heavy atom. The van der Waals surface area contributed by atoms with Crippen LogP contribution in [0.25, 0.3) is 10.4 Å². The lowest BCUT2D eigenvalue weighted by atomic mass is 10.0. The van der Waals surface area contributed by atoms with E-state index < -0.39 is 0 Å². The van der Waals surface area contributed by atoms with E-state index in [0.717, 1.165) is 5.56 Å². The van der Waals surface area contributed by atoms with E-state index in [1.165, 1.54) is 0 Å². The summed E-state index contributed by atoms with van der Waals surface area (Å²) >= 11 is 0. The molecule has 2 rings (SSSR count). The largest absolute Gasteiger partial charge is 0.289 e.